The molecule has 2 heterocycles. The van der Waals surface area contributed by atoms with Crippen LogP contribution in [0, 0.1) is 0 Å². The molecule has 0 spiro atoms. The van der Waals surface area contributed by atoms with Crippen molar-refractivity contribution in [3.8, 4) is 28.3 Å². The molecule has 0 atom stereocenters. The predicted molar refractivity (Wildman–Crippen MR) is 217 cm³/mol. The van der Waals surface area contributed by atoms with Crippen LogP contribution in [0.4, 0.5) is 17.1 Å². The molecule has 4 heteroatoms. The standard InChI is InChI=1S/C48H32N4/c1-4-19-36(20-5-1)51(37-21-6-2-7-22-37)44-29-15-26-40-45-39-25-11-10-16-33(39)30-31-41(45)46(50-47(40)44)34-17-14-18-35(32-34)48-49-42-27-12-13-28-43(42)52(48)38-23-8-3-9-24-38/h1-32H. The Morgan fingerprint density at radius 1 is 0.442 bits per heavy atom. The van der Waals surface area contributed by atoms with E-state index in [1.54, 1.807) is 0 Å². The number of fused-ring (bicyclic) bond motifs is 6. The van der Waals surface area contributed by atoms with Gasteiger partial charge in [0, 0.05) is 44.3 Å². The van der Waals surface area contributed by atoms with E-state index in [-0.39, 0.29) is 0 Å². The summed E-state index contributed by atoms with van der Waals surface area (Å²) in [6, 6.07) is 68.3. The normalized spacial score (nSPS) is 11.5. The molecule has 0 aliphatic carbocycles. The van der Waals surface area contributed by atoms with E-state index in [0.29, 0.717) is 0 Å². The van der Waals surface area contributed by atoms with E-state index in [1.165, 1.54) is 16.2 Å². The molecule has 0 amide bonds. The van der Waals surface area contributed by atoms with Gasteiger partial charge in [-0.1, -0.05) is 133 Å². The van der Waals surface area contributed by atoms with Crippen LogP contribution in [0.1, 0.15) is 0 Å². The maximum atomic E-state index is 5.64. The van der Waals surface area contributed by atoms with Gasteiger partial charge in [-0.25, -0.2) is 9.97 Å². The summed E-state index contributed by atoms with van der Waals surface area (Å²) in [5.41, 5.74) is 10.2. The van der Waals surface area contributed by atoms with Gasteiger partial charge in [0.2, 0.25) is 0 Å². The first-order valence-corrected chi connectivity index (χ1v) is 17.6. The van der Waals surface area contributed by atoms with Crippen molar-refractivity contribution in [1.29, 1.82) is 0 Å². The number of benzene rings is 8. The van der Waals surface area contributed by atoms with Crippen molar-refractivity contribution in [2.24, 2.45) is 0 Å². The third-order valence-electron chi connectivity index (χ3n) is 9.93. The van der Waals surface area contributed by atoms with E-state index < -0.39 is 0 Å². The van der Waals surface area contributed by atoms with Crippen LogP contribution < -0.4 is 4.90 Å². The first kappa shape index (κ1) is 29.8. The fourth-order valence-corrected chi connectivity index (χ4v) is 7.63. The first-order valence-electron chi connectivity index (χ1n) is 17.6. The highest BCUT2D eigenvalue weighted by Crippen LogP contribution is 2.44. The molecule has 0 saturated carbocycles. The van der Waals surface area contributed by atoms with Crippen molar-refractivity contribution in [2.75, 3.05) is 4.90 Å². The maximum absolute atomic E-state index is 5.64. The van der Waals surface area contributed by atoms with Gasteiger partial charge in [0.25, 0.3) is 0 Å². The van der Waals surface area contributed by atoms with Crippen LogP contribution in [-0.2, 0) is 0 Å². The van der Waals surface area contributed by atoms with Crippen molar-refractivity contribution >= 4 is 60.5 Å². The molecular formula is C48H32N4. The fourth-order valence-electron chi connectivity index (χ4n) is 7.63. The number of anilines is 3. The van der Waals surface area contributed by atoms with E-state index in [9.17, 15) is 0 Å². The molecule has 0 radical (unpaired) electrons. The largest absolute Gasteiger partial charge is 0.308 e. The van der Waals surface area contributed by atoms with Crippen molar-refractivity contribution in [3.63, 3.8) is 0 Å². The highest BCUT2D eigenvalue weighted by atomic mass is 15.1. The fraction of sp³-hybridized carbons (Fsp3) is 0. The average Bonchev–Trinajstić information content (AvgIpc) is 3.62. The van der Waals surface area contributed by atoms with Gasteiger partial charge in [0.05, 0.1) is 27.9 Å². The molecule has 0 aliphatic heterocycles. The molecule has 4 nitrogen and oxygen atoms in total. The average molecular weight is 665 g/mol. The smallest absolute Gasteiger partial charge is 0.145 e. The number of hydrogen-bond acceptors (Lipinski definition) is 3. The number of hydrogen-bond donors (Lipinski definition) is 0. The third kappa shape index (κ3) is 4.92. The highest BCUT2D eigenvalue weighted by Gasteiger charge is 2.21. The van der Waals surface area contributed by atoms with Crippen LogP contribution in [0.2, 0.25) is 0 Å². The molecule has 10 aromatic rings. The monoisotopic (exact) mass is 664 g/mol. The summed E-state index contributed by atoms with van der Waals surface area (Å²) in [6.07, 6.45) is 0. The number of imidazole rings is 1. The van der Waals surface area contributed by atoms with Gasteiger partial charge in [0.15, 0.2) is 0 Å². The molecule has 0 fully saturated rings. The van der Waals surface area contributed by atoms with Gasteiger partial charge in [-0.05, 0) is 71.4 Å². The Morgan fingerprint density at radius 3 is 1.87 bits per heavy atom. The van der Waals surface area contributed by atoms with E-state index in [2.05, 4.69) is 191 Å². The third-order valence-corrected chi connectivity index (χ3v) is 9.93. The summed E-state index contributed by atoms with van der Waals surface area (Å²) in [6.45, 7) is 0. The minimum Gasteiger partial charge on any atom is -0.308 e. The number of nitrogens with zero attached hydrogens (tertiary/aromatic N) is 4. The zero-order chi connectivity index (χ0) is 34.4. The SMILES string of the molecule is c1ccc(N(c2ccccc2)c2cccc3c2nc(-c2cccc(-c4nc5ccccc5n4-c4ccccc4)c2)c2ccc4ccccc4c23)cc1. The molecule has 244 valence electrons. The van der Waals surface area contributed by atoms with E-state index in [4.69, 9.17) is 9.97 Å². The van der Waals surface area contributed by atoms with E-state index >= 15 is 0 Å². The molecule has 2 aromatic heterocycles. The molecule has 0 unspecified atom stereocenters. The number of para-hydroxylation sites is 6. The Hall–Kier alpha value is -7.04. The summed E-state index contributed by atoms with van der Waals surface area (Å²) in [7, 11) is 0. The summed E-state index contributed by atoms with van der Waals surface area (Å²) >= 11 is 0. The van der Waals surface area contributed by atoms with Gasteiger partial charge in [-0.2, -0.15) is 0 Å². The molecule has 52 heavy (non-hydrogen) atoms. The Morgan fingerprint density at radius 2 is 1.08 bits per heavy atom. The lowest BCUT2D eigenvalue weighted by Crippen LogP contribution is -2.11. The lowest BCUT2D eigenvalue weighted by Gasteiger charge is -2.27. The summed E-state index contributed by atoms with van der Waals surface area (Å²) in [5, 5.41) is 5.84. The maximum Gasteiger partial charge on any atom is 0.145 e. The molecule has 0 bridgehead atoms. The summed E-state index contributed by atoms with van der Waals surface area (Å²) < 4.78 is 2.25. The second-order valence-electron chi connectivity index (χ2n) is 13.0. The lowest BCUT2D eigenvalue weighted by atomic mass is 9.94. The second-order valence-corrected chi connectivity index (χ2v) is 13.0. The van der Waals surface area contributed by atoms with Crippen molar-refractivity contribution in [1.82, 2.24) is 14.5 Å². The van der Waals surface area contributed by atoms with Gasteiger partial charge in [-0.15, -0.1) is 0 Å². The molecule has 0 N–H and O–H groups in total. The Bertz CT molecular complexity index is 2860. The molecule has 8 aromatic carbocycles. The molecular weight excluding hydrogens is 633 g/mol. The van der Waals surface area contributed by atoms with Crippen LogP contribution >= 0.6 is 0 Å². The van der Waals surface area contributed by atoms with Gasteiger partial charge in [0.1, 0.15) is 5.82 Å². The van der Waals surface area contributed by atoms with Crippen LogP contribution in [0.25, 0.3) is 71.8 Å². The Kier molecular flexibility index (Phi) is 7.10. The number of aromatic nitrogens is 3. The molecule has 0 aliphatic rings. The lowest BCUT2D eigenvalue weighted by molar-refractivity contribution is 1.10. The zero-order valence-electron chi connectivity index (χ0n) is 28.3. The minimum atomic E-state index is 0.893. The van der Waals surface area contributed by atoms with Gasteiger partial charge in [-0.3, -0.25) is 4.57 Å². The first-order chi connectivity index (χ1) is 25.8. The zero-order valence-corrected chi connectivity index (χ0v) is 28.3. The molecule has 0 saturated heterocycles. The van der Waals surface area contributed by atoms with Crippen molar-refractivity contribution < 1.29 is 0 Å². The number of rotatable bonds is 6. The Labute approximate surface area is 301 Å². The van der Waals surface area contributed by atoms with Crippen molar-refractivity contribution in [2.45, 2.75) is 0 Å². The van der Waals surface area contributed by atoms with Gasteiger partial charge >= 0.3 is 0 Å². The van der Waals surface area contributed by atoms with E-state index in [1.807, 2.05) is 12.1 Å². The second kappa shape index (κ2) is 12.4. The Balaban J connectivity index is 1.27. The summed E-state index contributed by atoms with van der Waals surface area (Å²) in [5.74, 6) is 0.893. The van der Waals surface area contributed by atoms with E-state index in [0.717, 1.165) is 72.7 Å². The van der Waals surface area contributed by atoms with Gasteiger partial charge < -0.3 is 4.90 Å². The van der Waals surface area contributed by atoms with Crippen molar-refractivity contribution in [3.05, 3.63) is 194 Å². The topological polar surface area (TPSA) is 34.0 Å². The molecule has 10 rings (SSSR count). The van der Waals surface area contributed by atoms with Crippen LogP contribution in [0.3, 0.4) is 0 Å². The van der Waals surface area contributed by atoms with Crippen LogP contribution in [0.15, 0.2) is 194 Å². The number of pyridine rings is 1. The van der Waals surface area contributed by atoms with Crippen LogP contribution in [0.5, 0.6) is 0 Å². The quantitative estimate of drug-likeness (QED) is 0.166. The highest BCUT2D eigenvalue weighted by molar-refractivity contribution is 6.24. The predicted octanol–water partition coefficient (Wildman–Crippen LogP) is 12.7. The minimum absolute atomic E-state index is 0.893. The summed E-state index contributed by atoms with van der Waals surface area (Å²) in [4.78, 5) is 13.1. The van der Waals surface area contributed by atoms with Crippen LogP contribution in [-0.4, -0.2) is 14.5 Å².